The molecule has 1 aliphatic rings. The summed E-state index contributed by atoms with van der Waals surface area (Å²) in [6.45, 7) is 0. The van der Waals surface area contributed by atoms with Gasteiger partial charge in [0.1, 0.15) is 0 Å². The number of amides is 1. The fourth-order valence-electron chi connectivity index (χ4n) is 2.91. The molecule has 1 aromatic heterocycles. The molecule has 26 heavy (non-hydrogen) atoms. The van der Waals surface area contributed by atoms with Crippen LogP contribution in [0.3, 0.4) is 0 Å². The van der Waals surface area contributed by atoms with Crippen LogP contribution in [0.15, 0.2) is 78.0 Å². The largest absolute Gasteiger partial charge is 0.331 e. The van der Waals surface area contributed by atoms with Crippen molar-refractivity contribution in [2.24, 2.45) is 4.99 Å². The lowest BCUT2D eigenvalue weighted by atomic mass is 10.0. The van der Waals surface area contributed by atoms with Gasteiger partial charge in [-0.1, -0.05) is 47.5 Å². The van der Waals surface area contributed by atoms with E-state index in [0.29, 0.717) is 21.4 Å². The highest BCUT2D eigenvalue weighted by atomic mass is 35.5. The Morgan fingerprint density at radius 3 is 2.46 bits per heavy atom. The van der Waals surface area contributed by atoms with E-state index in [1.54, 1.807) is 41.2 Å². The van der Waals surface area contributed by atoms with Crippen LogP contribution < -0.4 is 9.88 Å². The summed E-state index contributed by atoms with van der Waals surface area (Å²) in [6, 6.07) is 18.3. The van der Waals surface area contributed by atoms with Gasteiger partial charge >= 0.3 is 12.1 Å². The molecule has 0 fully saturated rings. The second kappa shape index (κ2) is 6.90. The standard InChI is InChI=1S/C20H13Cl2N3O/c21-13-8-9-17-15(12-13)18(14-6-2-3-7-16(14)22)24-19(20(26)23-17)25-10-4-1-5-11-25/h1-12,19H/p+1. The summed E-state index contributed by atoms with van der Waals surface area (Å²) in [5, 5.41) is 4.06. The van der Waals surface area contributed by atoms with Crippen molar-refractivity contribution >= 4 is 40.5 Å². The van der Waals surface area contributed by atoms with E-state index >= 15 is 0 Å². The number of benzene rings is 2. The molecule has 2 heterocycles. The lowest BCUT2D eigenvalue weighted by Gasteiger charge is -2.11. The van der Waals surface area contributed by atoms with Gasteiger partial charge in [0.15, 0.2) is 12.4 Å². The summed E-state index contributed by atoms with van der Waals surface area (Å²) < 4.78 is 1.75. The Hall–Kier alpha value is -2.69. The zero-order valence-corrected chi connectivity index (χ0v) is 15.1. The highest BCUT2D eigenvalue weighted by molar-refractivity contribution is 6.36. The maximum absolute atomic E-state index is 12.8. The van der Waals surface area contributed by atoms with Crippen molar-refractivity contribution in [3.63, 3.8) is 0 Å². The third-order valence-corrected chi connectivity index (χ3v) is 4.70. The molecule has 4 nitrogen and oxygen atoms in total. The Morgan fingerprint density at radius 2 is 1.69 bits per heavy atom. The first-order valence-corrected chi connectivity index (χ1v) is 8.78. The predicted molar refractivity (Wildman–Crippen MR) is 103 cm³/mol. The third kappa shape index (κ3) is 3.09. The number of carbonyl (C=O) groups excluding carboxylic acids is 1. The molecule has 2 aromatic carbocycles. The molecule has 1 unspecified atom stereocenters. The third-order valence-electron chi connectivity index (χ3n) is 4.13. The Kier molecular flexibility index (Phi) is 4.45. The maximum Gasteiger partial charge on any atom is 0.331 e. The van der Waals surface area contributed by atoms with Crippen LogP contribution in [-0.2, 0) is 4.79 Å². The van der Waals surface area contributed by atoms with Crippen LogP contribution in [0.2, 0.25) is 10.0 Å². The van der Waals surface area contributed by atoms with Crippen LogP contribution in [0, 0.1) is 0 Å². The number of hydrogen-bond acceptors (Lipinski definition) is 2. The monoisotopic (exact) mass is 382 g/mol. The van der Waals surface area contributed by atoms with Gasteiger partial charge in [-0.05, 0) is 24.3 Å². The van der Waals surface area contributed by atoms with E-state index in [9.17, 15) is 4.79 Å². The summed E-state index contributed by atoms with van der Waals surface area (Å²) in [5.74, 6) is -0.230. The number of aromatic nitrogens is 1. The summed E-state index contributed by atoms with van der Waals surface area (Å²) in [5.41, 5.74) is 2.75. The van der Waals surface area contributed by atoms with E-state index in [1.807, 2.05) is 36.4 Å². The lowest BCUT2D eigenvalue weighted by Crippen LogP contribution is -2.44. The van der Waals surface area contributed by atoms with E-state index in [4.69, 9.17) is 28.2 Å². The molecular formula is C20H14Cl2N3O+. The Morgan fingerprint density at radius 1 is 0.923 bits per heavy atom. The van der Waals surface area contributed by atoms with Crippen molar-refractivity contribution < 1.29 is 9.36 Å². The molecule has 128 valence electrons. The Labute approximate surface area is 160 Å². The summed E-state index contributed by atoms with van der Waals surface area (Å²) in [7, 11) is 0. The van der Waals surface area contributed by atoms with Gasteiger partial charge in [0, 0.05) is 33.3 Å². The second-order valence-corrected chi connectivity index (χ2v) is 6.68. The van der Waals surface area contributed by atoms with E-state index in [2.05, 4.69) is 5.32 Å². The van der Waals surface area contributed by atoms with Crippen molar-refractivity contribution in [2.45, 2.75) is 6.17 Å². The molecule has 1 atom stereocenters. The molecule has 0 saturated carbocycles. The van der Waals surface area contributed by atoms with Crippen molar-refractivity contribution in [3.05, 3.63) is 94.2 Å². The number of fused-ring (bicyclic) bond motifs is 1. The highest BCUT2D eigenvalue weighted by Crippen LogP contribution is 2.30. The SMILES string of the molecule is O=C1Nc2ccc(Cl)cc2C(c2ccccc2Cl)=NC1[n+]1ccccc1. The molecule has 0 spiro atoms. The van der Waals surface area contributed by atoms with Crippen LogP contribution in [-0.4, -0.2) is 11.6 Å². The summed E-state index contributed by atoms with van der Waals surface area (Å²) >= 11 is 12.6. The number of benzodiazepines with no additional fused rings is 1. The molecule has 0 aliphatic carbocycles. The minimum absolute atomic E-state index is 0.230. The topological polar surface area (TPSA) is 45.3 Å². The van der Waals surface area contributed by atoms with Crippen molar-refractivity contribution in [1.29, 1.82) is 0 Å². The number of carbonyl (C=O) groups is 1. The fraction of sp³-hybridized carbons (Fsp3) is 0.0500. The van der Waals surface area contributed by atoms with Crippen LogP contribution in [0.4, 0.5) is 5.69 Å². The quantitative estimate of drug-likeness (QED) is 0.660. The molecule has 1 aliphatic heterocycles. The molecule has 0 radical (unpaired) electrons. The summed E-state index contributed by atoms with van der Waals surface area (Å²) in [6.07, 6.45) is 2.86. The highest BCUT2D eigenvalue weighted by Gasteiger charge is 2.32. The van der Waals surface area contributed by atoms with Gasteiger partial charge in [0.05, 0.1) is 11.4 Å². The van der Waals surface area contributed by atoms with Gasteiger partial charge in [0.25, 0.3) is 0 Å². The van der Waals surface area contributed by atoms with Crippen LogP contribution in [0.25, 0.3) is 0 Å². The van der Waals surface area contributed by atoms with E-state index < -0.39 is 6.17 Å². The molecule has 0 saturated heterocycles. The number of rotatable bonds is 2. The molecule has 3 aromatic rings. The summed E-state index contributed by atoms with van der Waals surface area (Å²) in [4.78, 5) is 17.6. The van der Waals surface area contributed by atoms with Crippen molar-refractivity contribution in [2.75, 3.05) is 5.32 Å². The molecule has 4 rings (SSSR count). The van der Waals surface area contributed by atoms with Gasteiger partial charge in [0.2, 0.25) is 0 Å². The van der Waals surface area contributed by atoms with E-state index in [1.165, 1.54) is 0 Å². The number of anilines is 1. The minimum atomic E-state index is -0.756. The van der Waals surface area contributed by atoms with E-state index in [0.717, 1.165) is 11.1 Å². The van der Waals surface area contributed by atoms with Gasteiger partial charge < -0.3 is 5.32 Å². The minimum Gasteiger partial charge on any atom is -0.318 e. The average molecular weight is 383 g/mol. The predicted octanol–water partition coefficient (Wildman–Crippen LogP) is 4.27. The fourth-order valence-corrected chi connectivity index (χ4v) is 3.31. The zero-order valence-electron chi connectivity index (χ0n) is 13.6. The van der Waals surface area contributed by atoms with Crippen LogP contribution in [0.1, 0.15) is 17.3 Å². The maximum atomic E-state index is 12.8. The second-order valence-electron chi connectivity index (χ2n) is 5.83. The number of nitrogens with zero attached hydrogens (tertiary/aromatic N) is 2. The Balaban J connectivity index is 1.97. The van der Waals surface area contributed by atoms with Gasteiger partial charge in [-0.15, -0.1) is 0 Å². The zero-order chi connectivity index (χ0) is 18.1. The van der Waals surface area contributed by atoms with Gasteiger partial charge in [-0.3, -0.25) is 4.79 Å². The number of hydrogen-bond donors (Lipinski definition) is 1. The first-order chi connectivity index (χ1) is 12.6. The molecular weight excluding hydrogens is 369 g/mol. The smallest absolute Gasteiger partial charge is 0.318 e. The van der Waals surface area contributed by atoms with Gasteiger partial charge in [-0.2, -0.15) is 4.57 Å². The molecule has 1 amide bonds. The number of halogens is 2. The first kappa shape index (κ1) is 16.8. The number of pyridine rings is 1. The van der Waals surface area contributed by atoms with E-state index in [-0.39, 0.29) is 5.91 Å². The van der Waals surface area contributed by atoms with Crippen molar-refractivity contribution in [1.82, 2.24) is 0 Å². The van der Waals surface area contributed by atoms with Gasteiger partial charge in [-0.25, -0.2) is 4.99 Å². The molecule has 6 heteroatoms. The Bertz CT molecular complexity index is 1020. The van der Waals surface area contributed by atoms with Crippen LogP contribution in [0.5, 0.6) is 0 Å². The average Bonchev–Trinajstić information content (AvgIpc) is 2.79. The van der Waals surface area contributed by atoms with Crippen molar-refractivity contribution in [3.8, 4) is 0 Å². The molecule has 0 bridgehead atoms. The first-order valence-electron chi connectivity index (χ1n) is 8.03. The molecule has 1 N–H and O–H groups in total. The number of aliphatic imine (C=N–C) groups is 1. The van der Waals surface area contributed by atoms with Crippen LogP contribution >= 0.6 is 23.2 Å². The lowest BCUT2D eigenvalue weighted by molar-refractivity contribution is -0.707. The number of nitrogens with one attached hydrogen (secondary N) is 1. The normalized spacial score (nSPS) is 16.3.